The highest BCUT2D eigenvalue weighted by Gasteiger charge is 2.08. The van der Waals surface area contributed by atoms with Crippen LogP contribution in [-0.4, -0.2) is 5.88 Å². The van der Waals surface area contributed by atoms with E-state index in [-0.39, 0.29) is 7.43 Å². The second-order valence-electron chi connectivity index (χ2n) is 2.61. The zero-order valence-electron chi connectivity index (χ0n) is 8.60. The Balaban J connectivity index is 0.000000617. The SMILES string of the molecule is C.CC.Nc1ccccc1N1C=CSC1. The van der Waals surface area contributed by atoms with Gasteiger partial charge in [-0.1, -0.05) is 33.4 Å². The molecule has 0 bridgehead atoms. The first-order valence-corrected chi connectivity index (χ1v) is 5.82. The summed E-state index contributed by atoms with van der Waals surface area (Å²) in [7, 11) is 0. The molecule has 0 amide bonds. The maximum absolute atomic E-state index is 5.82. The maximum Gasteiger partial charge on any atom is 0.0724 e. The van der Waals surface area contributed by atoms with Gasteiger partial charge in [0.05, 0.1) is 17.3 Å². The molecule has 0 saturated carbocycles. The average Bonchev–Trinajstić information content (AvgIpc) is 2.75. The van der Waals surface area contributed by atoms with Gasteiger partial charge in [0.25, 0.3) is 0 Å². The third kappa shape index (κ3) is 3.51. The van der Waals surface area contributed by atoms with Gasteiger partial charge in [0.15, 0.2) is 0 Å². The van der Waals surface area contributed by atoms with Crippen LogP contribution in [0.2, 0.25) is 0 Å². The van der Waals surface area contributed by atoms with Crippen LogP contribution in [0.4, 0.5) is 11.4 Å². The van der Waals surface area contributed by atoms with Crippen LogP contribution >= 0.6 is 11.8 Å². The van der Waals surface area contributed by atoms with Crippen molar-refractivity contribution in [2.75, 3.05) is 16.5 Å². The van der Waals surface area contributed by atoms with Gasteiger partial charge in [-0.2, -0.15) is 0 Å². The molecule has 3 heteroatoms. The molecule has 1 aliphatic heterocycles. The highest BCUT2D eigenvalue weighted by Crippen LogP contribution is 2.28. The van der Waals surface area contributed by atoms with E-state index >= 15 is 0 Å². The number of thioether (sulfide) groups is 1. The van der Waals surface area contributed by atoms with E-state index in [9.17, 15) is 0 Å². The first-order chi connectivity index (χ1) is 6.88. The summed E-state index contributed by atoms with van der Waals surface area (Å²) in [4.78, 5) is 2.14. The van der Waals surface area contributed by atoms with Gasteiger partial charge in [0.1, 0.15) is 0 Å². The number of para-hydroxylation sites is 2. The summed E-state index contributed by atoms with van der Waals surface area (Å²) in [5, 5.41) is 2.08. The van der Waals surface area contributed by atoms with Gasteiger partial charge in [-0.25, -0.2) is 0 Å². The first kappa shape index (κ1) is 13.9. The number of rotatable bonds is 1. The van der Waals surface area contributed by atoms with Crippen molar-refractivity contribution in [3.8, 4) is 0 Å². The normalized spacial score (nSPS) is 12.8. The quantitative estimate of drug-likeness (QED) is 0.733. The lowest BCUT2D eigenvalue weighted by Crippen LogP contribution is -2.12. The van der Waals surface area contributed by atoms with Crippen LogP contribution in [0.25, 0.3) is 0 Å². The molecular formula is C12H20N2S. The van der Waals surface area contributed by atoms with Crippen molar-refractivity contribution in [3.05, 3.63) is 35.9 Å². The second kappa shape index (κ2) is 7.23. The van der Waals surface area contributed by atoms with E-state index in [2.05, 4.69) is 16.5 Å². The fourth-order valence-electron chi connectivity index (χ4n) is 1.18. The molecule has 1 aliphatic rings. The Kier molecular flexibility index (Phi) is 6.71. The van der Waals surface area contributed by atoms with Gasteiger partial charge < -0.3 is 10.6 Å². The molecule has 0 spiro atoms. The fraction of sp³-hybridized carbons (Fsp3) is 0.333. The summed E-state index contributed by atoms with van der Waals surface area (Å²) in [6.07, 6.45) is 2.05. The summed E-state index contributed by atoms with van der Waals surface area (Å²) < 4.78 is 0. The molecule has 1 heterocycles. The molecular weight excluding hydrogens is 204 g/mol. The van der Waals surface area contributed by atoms with Gasteiger partial charge in [-0.3, -0.25) is 0 Å². The minimum Gasteiger partial charge on any atom is -0.397 e. The van der Waals surface area contributed by atoms with E-state index < -0.39 is 0 Å². The highest BCUT2D eigenvalue weighted by molar-refractivity contribution is 8.02. The van der Waals surface area contributed by atoms with E-state index in [0.29, 0.717) is 0 Å². The Bertz CT molecular complexity index is 310. The Morgan fingerprint density at radius 3 is 2.47 bits per heavy atom. The van der Waals surface area contributed by atoms with Crippen molar-refractivity contribution >= 4 is 23.1 Å². The Labute approximate surface area is 97.2 Å². The van der Waals surface area contributed by atoms with E-state index in [1.165, 1.54) is 0 Å². The van der Waals surface area contributed by atoms with Crippen molar-refractivity contribution < 1.29 is 0 Å². The smallest absolute Gasteiger partial charge is 0.0724 e. The predicted octanol–water partition coefficient (Wildman–Crippen LogP) is 3.91. The molecule has 0 saturated heterocycles. The summed E-state index contributed by atoms with van der Waals surface area (Å²) in [6, 6.07) is 7.91. The largest absolute Gasteiger partial charge is 0.397 e. The van der Waals surface area contributed by atoms with Crippen molar-refractivity contribution in [3.63, 3.8) is 0 Å². The minimum atomic E-state index is 0. The maximum atomic E-state index is 5.82. The molecule has 1 aromatic rings. The van der Waals surface area contributed by atoms with Crippen LogP contribution in [0.1, 0.15) is 21.3 Å². The molecule has 0 aromatic heterocycles. The fourth-order valence-corrected chi connectivity index (χ4v) is 1.89. The van der Waals surface area contributed by atoms with Crippen molar-refractivity contribution in [2.24, 2.45) is 0 Å². The van der Waals surface area contributed by atoms with E-state index in [0.717, 1.165) is 17.3 Å². The molecule has 84 valence electrons. The number of anilines is 2. The zero-order chi connectivity index (χ0) is 10.4. The molecule has 0 aliphatic carbocycles. The van der Waals surface area contributed by atoms with E-state index in [1.807, 2.05) is 38.1 Å². The molecule has 0 unspecified atom stereocenters. The molecule has 1 aromatic carbocycles. The topological polar surface area (TPSA) is 29.3 Å². The van der Waals surface area contributed by atoms with Gasteiger partial charge >= 0.3 is 0 Å². The summed E-state index contributed by atoms with van der Waals surface area (Å²) >= 11 is 1.78. The predicted molar refractivity (Wildman–Crippen MR) is 73.0 cm³/mol. The van der Waals surface area contributed by atoms with Gasteiger partial charge in [-0.05, 0) is 17.5 Å². The highest BCUT2D eigenvalue weighted by atomic mass is 32.2. The number of nitrogens with two attached hydrogens (primary N) is 1. The minimum absolute atomic E-state index is 0. The number of benzene rings is 1. The molecule has 15 heavy (non-hydrogen) atoms. The van der Waals surface area contributed by atoms with Crippen molar-refractivity contribution in [2.45, 2.75) is 21.3 Å². The molecule has 2 nitrogen and oxygen atoms in total. The molecule has 0 radical (unpaired) electrons. The summed E-state index contributed by atoms with van der Waals surface area (Å²) in [5.74, 6) is 0.966. The first-order valence-electron chi connectivity index (χ1n) is 4.77. The lowest BCUT2D eigenvalue weighted by molar-refractivity contribution is 1.19. The van der Waals surface area contributed by atoms with Gasteiger partial charge in [0.2, 0.25) is 0 Å². The van der Waals surface area contributed by atoms with Crippen LogP contribution in [0.15, 0.2) is 35.9 Å². The average molecular weight is 224 g/mol. The number of hydrogen-bond donors (Lipinski definition) is 1. The lowest BCUT2D eigenvalue weighted by atomic mass is 10.2. The summed E-state index contributed by atoms with van der Waals surface area (Å²) in [6.45, 7) is 4.00. The van der Waals surface area contributed by atoms with Crippen LogP contribution in [0.5, 0.6) is 0 Å². The van der Waals surface area contributed by atoms with Crippen molar-refractivity contribution in [1.82, 2.24) is 0 Å². The van der Waals surface area contributed by atoms with Crippen molar-refractivity contribution in [1.29, 1.82) is 0 Å². The van der Waals surface area contributed by atoms with Crippen LogP contribution < -0.4 is 10.6 Å². The number of nitrogens with zero attached hydrogens (tertiary/aromatic N) is 1. The Morgan fingerprint density at radius 1 is 1.27 bits per heavy atom. The molecule has 2 N–H and O–H groups in total. The molecule has 2 rings (SSSR count). The van der Waals surface area contributed by atoms with E-state index in [4.69, 9.17) is 5.73 Å². The standard InChI is InChI=1S/C9H10N2S.C2H6.CH4/c10-8-3-1-2-4-9(8)11-5-6-12-7-11;1-2;/h1-6H,7,10H2;1-2H3;1H4. The van der Waals surface area contributed by atoms with E-state index in [1.54, 1.807) is 11.8 Å². The monoisotopic (exact) mass is 224 g/mol. The van der Waals surface area contributed by atoms with Gasteiger partial charge in [0, 0.05) is 6.20 Å². The molecule has 0 fully saturated rings. The van der Waals surface area contributed by atoms with Crippen LogP contribution in [0, 0.1) is 0 Å². The number of nitrogen functional groups attached to an aromatic ring is 1. The molecule has 0 atom stereocenters. The third-order valence-corrected chi connectivity index (χ3v) is 2.54. The van der Waals surface area contributed by atoms with Crippen LogP contribution in [0.3, 0.4) is 0 Å². The lowest BCUT2D eigenvalue weighted by Gasteiger charge is -2.16. The zero-order valence-corrected chi connectivity index (χ0v) is 9.42. The third-order valence-electron chi connectivity index (χ3n) is 1.80. The second-order valence-corrected chi connectivity index (χ2v) is 3.47. The van der Waals surface area contributed by atoms with Crippen LogP contribution in [-0.2, 0) is 0 Å². The Hall–Kier alpha value is -1.09. The number of hydrogen-bond acceptors (Lipinski definition) is 3. The van der Waals surface area contributed by atoms with Gasteiger partial charge in [-0.15, -0.1) is 11.8 Å². The Morgan fingerprint density at radius 2 is 1.93 bits per heavy atom. The summed E-state index contributed by atoms with van der Waals surface area (Å²) in [5.41, 5.74) is 7.75.